The minimum atomic E-state index is -0.313. The molecule has 222 valence electrons. The van der Waals surface area contributed by atoms with Crippen LogP contribution in [0.2, 0.25) is 0 Å². The summed E-state index contributed by atoms with van der Waals surface area (Å²) in [6, 6.07) is 19.2. The maximum absolute atomic E-state index is 14.0. The lowest BCUT2D eigenvalue weighted by Crippen LogP contribution is -2.21. The van der Waals surface area contributed by atoms with Crippen molar-refractivity contribution in [3.8, 4) is 17.1 Å². The van der Waals surface area contributed by atoms with E-state index in [-0.39, 0.29) is 30.1 Å². The van der Waals surface area contributed by atoms with Crippen molar-refractivity contribution in [1.82, 2.24) is 14.2 Å². The quantitative estimate of drug-likeness (QED) is 0.139. The van der Waals surface area contributed by atoms with Crippen molar-refractivity contribution in [1.29, 1.82) is 0 Å². The van der Waals surface area contributed by atoms with E-state index >= 15 is 0 Å². The number of aromatic nitrogens is 3. The van der Waals surface area contributed by atoms with Crippen molar-refractivity contribution in [2.24, 2.45) is 5.10 Å². The van der Waals surface area contributed by atoms with Crippen LogP contribution in [0.15, 0.2) is 70.6 Å². The van der Waals surface area contributed by atoms with E-state index in [1.807, 2.05) is 87.7 Å². The number of benzene rings is 3. The molecule has 0 aliphatic carbocycles. The fourth-order valence-electron chi connectivity index (χ4n) is 5.45. The molecule has 0 aliphatic rings. The second-order valence-corrected chi connectivity index (χ2v) is 11.2. The molecule has 8 nitrogen and oxygen atoms in total. The lowest BCUT2D eigenvalue weighted by molar-refractivity contribution is -0.148. The SMILES string of the molecule is CCOc1cc(C)c(-c2nc3ccccc3c(=O)n2N=Cc2c(C)n(CC(=O)OC(C)C)c3ccccc23)cc1C(C)C. The van der Waals surface area contributed by atoms with Crippen LogP contribution in [0.1, 0.15) is 62.9 Å². The molecule has 0 spiro atoms. The van der Waals surface area contributed by atoms with Crippen LogP contribution in [0, 0.1) is 13.8 Å². The Balaban J connectivity index is 1.71. The molecule has 0 bridgehead atoms. The molecule has 0 amide bonds. The molecule has 0 saturated carbocycles. The molecule has 0 unspecified atom stereocenters. The van der Waals surface area contributed by atoms with Gasteiger partial charge in [0, 0.05) is 27.7 Å². The molecule has 2 heterocycles. The molecule has 0 radical (unpaired) electrons. The third-order valence-corrected chi connectivity index (χ3v) is 7.51. The number of nitrogens with zero attached hydrogens (tertiary/aromatic N) is 4. The van der Waals surface area contributed by atoms with Gasteiger partial charge in [0.05, 0.1) is 29.8 Å². The second kappa shape index (κ2) is 12.3. The first-order valence-corrected chi connectivity index (χ1v) is 14.7. The van der Waals surface area contributed by atoms with Gasteiger partial charge >= 0.3 is 5.97 Å². The number of carbonyl (C=O) groups is 1. The fraction of sp³-hybridized carbons (Fsp3) is 0.314. The van der Waals surface area contributed by atoms with E-state index in [9.17, 15) is 9.59 Å². The van der Waals surface area contributed by atoms with Gasteiger partial charge in [0.1, 0.15) is 12.3 Å². The number of para-hydroxylation sites is 2. The van der Waals surface area contributed by atoms with Gasteiger partial charge in [0.25, 0.3) is 5.56 Å². The average molecular weight is 579 g/mol. The van der Waals surface area contributed by atoms with Crippen LogP contribution in [0.3, 0.4) is 0 Å². The summed E-state index contributed by atoms with van der Waals surface area (Å²) in [5.41, 5.74) is 5.64. The third kappa shape index (κ3) is 5.82. The first kappa shape index (κ1) is 29.8. The normalized spacial score (nSPS) is 11.8. The predicted octanol–water partition coefficient (Wildman–Crippen LogP) is 6.99. The van der Waals surface area contributed by atoms with Gasteiger partial charge in [-0.05, 0) is 82.0 Å². The summed E-state index contributed by atoms with van der Waals surface area (Å²) in [5.74, 6) is 1.16. The zero-order chi connectivity index (χ0) is 30.8. The van der Waals surface area contributed by atoms with Gasteiger partial charge in [-0.1, -0.05) is 44.2 Å². The Kier molecular flexibility index (Phi) is 8.48. The molecule has 0 atom stereocenters. The van der Waals surface area contributed by atoms with Crippen molar-refractivity contribution in [2.45, 2.75) is 67.0 Å². The molecule has 43 heavy (non-hydrogen) atoms. The highest BCUT2D eigenvalue weighted by Gasteiger charge is 2.20. The Labute approximate surface area is 251 Å². The van der Waals surface area contributed by atoms with Crippen molar-refractivity contribution >= 4 is 34.0 Å². The molecule has 3 aromatic carbocycles. The Hall–Kier alpha value is -4.72. The number of carbonyl (C=O) groups excluding carboxylic acids is 1. The summed E-state index contributed by atoms with van der Waals surface area (Å²) < 4.78 is 14.7. The number of aryl methyl sites for hydroxylation is 1. The fourth-order valence-corrected chi connectivity index (χ4v) is 5.45. The van der Waals surface area contributed by atoms with E-state index in [2.05, 4.69) is 19.9 Å². The van der Waals surface area contributed by atoms with E-state index in [1.165, 1.54) is 4.68 Å². The molecule has 2 aromatic heterocycles. The molecular formula is C35H38N4O4. The zero-order valence-electron chi connectivity index (χ0n) is 25.8. The van der Waals surface area contributed by atoms with Crippen LogP contribution in [-0.4, -0.2) is 39.1 Å². The Morgan fingerprint density at radius 3 is 2.40 bits per heavy atom. The maximum Gasteiger partial charge on any atom is 0.326 e. The first-order chi connectivity index (χ1) is 20.6. The number of rotatable bonds is 9. The summed E-state index contributed by atoms with van der Waals surface area (Å²) >= 11 is 0. The van der Waals surface area contributed by atoms with Crippen molar-refractivity contribution in [2.75, 3.05) is 6.61 Å². The summed E-state index contributed by atoms with van der Waals surface area (Å²) in [6.07, 6.45) is 1.49. The van der Waals surface area contributed by atoms with Gasteiger partial charge in [0.2, 0.25) is 0 Å². The minimum Gasteiger partial charge on any atom is -0.494 e. The van der Waals surface area contributed by atoms with Gasteiger partial charge in [-0.15, -0.1) is 0 Å². The summed E-state index contributed by atoms with van der Waals surface area (Å²) in [6.45, 7) is 14.4. The van der Waals surface area contributed by atoms with Gasteiger partial charge in [-0.2, -0.15) is 9.78 Å². The first-order valence-electron chi connectivity index (χ1n) is 14.7. The minimum absolute atomic E-state index is 0.0739. The van der Waals surface area contributed by atoms with Crippen LogP contribution >= 0.6 is 0 Å². The zero-order valence-corrected chi connectivity index (χ0v) is 25.8. The van der Waals surface area contributed by atoms with Gasteiger partial charge in [-0.3, -0.25) is 9.59 Å². The Bertz CT molecular complexity index is 1910. The summed E-state index contributed by atoms with van der Waals surface area (Å²) in [7, 11) is 0. The summed E-state index contributed by atoms with van der Waals surface area (Å²) in [5, 5.41) is 6.18. The topological polar surface area (TPSA) is 87.7 Å². The molecule has 0 N–H and O–H groups in total. The van der Waals surface area contributed by atoms with Gasteiger partial charge in [-0.25, -0.2) is 4.98 Å². The van der Waals surface area contributed by atoms with Crippen molar-refractivity contribution in [3.63, 3.8) is 0 Å². The highest BCUT2D eigenvalue weighted by atomic mass is 16.5. The van der Waals surface area contributed by atoms with Gasteiger partial charge < -0.3 is 14.0 Å². The highest BCUT2D eigenvalue weighted by Crippen LogP contribution is 2.34. The Morgan fingerprint density at radius 2 is 1.70 bits per heavy atom. The molecular weight excluding hydrogens is 540 g/mol. The maximum atomic E-state index is 14.0. The molecule has 8 heteroatoms. The number of hydrogen-bond acceptors (Lipinski definition) is 6. The van der Waals surface area contributed by atoms with Crippen LogP contribution in [0.5, 0.6) is 5.75 Å². The monoisotopic (exact) mass is 578 g/mol. The van der Waals surface area contributed by atoms with E-state index in [0.717, 1.165) is 44.6 Å². The molecule has 0 saturated heterocycles. The smallest absolute Gasteiger partial charge is 0.326 e. The third-order valence-electron chi connectivity index (χ3n) is 7.51. The van der Waals surface area contributed by atoms with Crippen molar-refractivity contribution < 1.29 is 14.3 Å². The molecule has 5 aromatic rings. The van der Waals surface area contributed by atoms with E-state index in [1.54, 1.807) is 12.3 Å². The highest BCUT2D eigenvalue weighted by molar-refractivity contribution is 6.01. The van der Waals surface area contributed by atoms with Crippen LogP contribution in [0.4, 0.5) is 0 Å². The summed E-state index contributed by atoms with van der Waals surface area (Å²) in [4.78, 5) is 31.5. The van der Waals surface area contributed by atoms with Crippen LogP contribution < -0.4 is 10.3 Å². The van der Waals surface area contributed by atoms with Crippen LogP contribution in [0.25, 0.3) is 33.2 Å². The molecule has 0 aliphatic heterocycles. The van der Waals surface area contributed by atoms with E-state index in [0.29, 0.717) is 23.3 Å². The Morgan fingerprint density at radius 1 is 1.00 bits per heavy atom. The number of esters is 1. The van der Waals surface area contributed by atoms with E-state index < -0.39 is 0 Å². The second-order valence-electron chi connectivity index (χ2n) is 11.2. The number of ether oxygens (including phenoxy) is 2. The van der Waals surface area contributed by atoms with Crippen molar-refractivity contribution in [3.05, 3.63) is 93.4 Å². The lowest BCUT2D eigenvalue weighted by atomic mass is 9.96. The van der Waals surface area contributed by atoms with Gasteiger partial charge in [0.15, 0.2) is 5.82 Å². The predicted molar refractivity (Wildman–Crippen MR) is 172 cm³/mol. The molecule has 0 fully saturated rings. The van der Waals surface area contributed by atoms with Crippen LogP contribution in [-0.2, 0) is 16.1 Å². The molecule has 5 rings (SSSR count). The lowest BCUT2D eigenvalue weighted by Gasteiger charge is -2.18. The largest absolute Gasteiger partial charge is 0.494 e. The average Bonchev–Trinajstić information content (AvgIpc) is 3.22. The number of fused-ring (bicyclic) bond motifs is 2. The number of hydrogen-bond donors (Lipinski definition) is 0. The van der Waals surface area contributed by atoms with E-state index in [4.69, 9.17) is 19.6 Å². The standard InChI is InChI=1S/C35H38N4O4/c1-8-42-32-17-23(6)28(18-27(32)21(2)3)34-37-30-15-11-9-14-26(30)35(41)39(34)36-19-29-24(7)38(20-33(40)43-22(4)5)31-16-12-10-13-25(29)31/h9-19,21-22H,8,20H2,1-7H3.